The van der Waals surface area contributed by atoms with Crippen LogP contribution in [0, 0.1) is 22.7 Å². The van der Waals surface area contributed by atoms with Crippen molar-refractivity contribution < 1.29 is 8.83 Å². The number of rotatable bonds is 0. The van der Waals surface area contributed by atoms with E-state index in [-0.39, 0.29) is 0 Å². The number of furan rings is 2. The summed E-state index contributed by atoms with van der Waals surface area (Å²) in [5, 5.41) is 20.6. The topological polar surface area (TPSA) is 73.9 Å². The molecule has 0 bridgehead atoms. The summed E-state index contributed by atoms with van der Waals surface area (Å²) in [6.07, 6.45) is 0. The van der Waals surface area contributed by atoms with E-state index in [1.165, 1.54) is 0 Å². The molecule has 0 spiro atoms. The highest BCUT2D eigenvalue weighted by Crippen LogP contribution is 2.39. The fourth-order valence-electron chi connectivity index (χ4n) is 2.59. The zero-order chi connectivity index (χ0) is 13.7. The zero-order valence-electron chi connectivity index (χ0n) is 10.2. The largest absolute Gasteiger partial charge is 0.425 e. The summed E-state index contributed by atoms with van der Waals surface area (Å²) in [6.45, 7) is 0. The minimum absolute atomic E-state index is 0.348. The van der Waals surface area contributed by atoms with Crippen molar-refractivity contribution in [3.05, 3.63) is 47.5 Å². The first kappa shape index (κ1) is 10.7. The molecule has 0 fully saturated rings. The highest BCUT2D eigenvalue weighted by Gasteiger charge is 2.20. The second-order valence-corrected chi connectivity index (χ2v) is 4.45. The van der Waals surface area contributed by atoms with Crippen LogP contribution in [0.1, 0.15) is 11.1 Å². The van der Waals surface area contributed by atoms with Gasteiger partial charge in [0.2, 0.25) is 0 Å². The lowest BCUT2D eigenvalue weighted by Crippen LogP contribution is -1.78. The van der Waals surface area contributed by atoms with Gasteiger partial charge in [0.25, 0.3) is 5.78 Å². The fraction of sp³-hybridized carbons (Fsp3) is 0. The van der Waals surface area contributed by atoms with E-state index in [1.54, 1.807) is 36.4 Å². The van der Waals surface area contributed by atoms with E-state index in [0.29, 0.717) is 44.2 Å². The van der Waals surface area contributed by atoms with Crippen LogP contribution in [0.3, 0.4) is 0 Å². The second kappa shape index (κ2) is 3.63. The lowest BCUT2D eigenvalue weighted by Gasteiger charge is -1.94. The van der Waals surface area contributed by atoms with Crippen molar-refractivity contribution in [3.63, 3.8) is 0 Å². The van der Waals surface area contributed by atoms with Crippen molar-refractivity contribution >= 4 is 33.1 Å². The molecule has 2 aromatic carbocycles. The van der Waals surface area contributed by atoms with Crippen LogP contribution in [-0.4, -0.2) is 0 Å². The second-order valence-electron chi connectivity index (χ2n) is 4.45. The first-order valence-corrected chi connectivity index (χ1v) is 6.00. The van der Waals surface area contributed by atoms with Gasteiger partial charge in [-0.3, -0.25) is 0 Å². The Balaban J connectivity index is 2.39. The molecule has 4 rings (SSSR count). The molecule has 4 heteroatoms. The van der Waals surface area contributed by atoms with Gasteiger partial charge < -0.3 is 8.83 Å². The van der Waals surface area contributed by atoms with Gasteiger partial charge in [-0.1, -0.05) is 12.1 Å². The van der Waals surface area contributed by atoms with E-state index in [2.05, 4.69) is 12.1 Å². The molecule has 4 nitrogen and oxygen atoms in total. The van der Waals surface area contributed by atoms with Crippen LogP contribution in [0.15, 0.2) is 45.2 Å². The van der Waals surface area contributed by atoms with Gasteiger partial charge in [-0.25, -0.2) is 0 Å². The van der Waals surface area contributed by atoms with Crippen LogP contribution >= 0.6 is 0 Å². The van der Waals surface area contributed by atoms with Crippen LogP contribution in [-0.2, 0) is 0 Å². The smallest absolute Gasteiger partial charge is 0.299 e. The summed E-state index contributed by atoms with van der Waals surface area (Å²) < 4.78 is 11.3. The number of hydrogen-bond acceptors (Lipinski definition) is 4. The highest BCUT2D eigenvalue weighted by atomic mass is 16.5. The Bertz CT molecular complexity index is 988. The monoisotopic (exact) mass is 258 g/mol. The third kappa shape index (κ3) is 1.18. The van der Waals surface area contributed by atoms with Crippen molar-refractivity contribution in [2.75, 3.05) is 0 Å². The zero-order valence-corrected chi connectivity index (χ0v) is 10.2. The SMILES string of the molecule is N#Cc1cccc2oc3oc4cccc(C#N)c4c3c12. The Morgan fingerprint density at radius 2 is 1.20 bits per heavy atom. The van der Waals surface area contributed by atoms with Crippen LogP contribution in [0.25, 0.3) is 33.1 Å². The minimum Gasteiger partial charge on any atom is -0.425 e. The third-order valence-electron chi connectivity index (χ3n) is 3.40. The summed E-state index contributed by atoms with van der Waals surface area (Å²) >= 11 is 0. The Morgan fingerprint density at radius 3 is 1.65 bits per heavy atom. The maximum absolute atomic E-state index is 9.26. The Labute approximate surface area is 113 Å². The molecule has 0 aliphatic heterocycles. The normalized spacial score (nSPS) is 10.9. The molecule has 0 radical (unpaired) electrons. The van der Waals surface area contributed by atoms with E-state index in [0.717, 1.165) is 0 Å². The van der Waals surface area contributed by atoms with E-state index in [9.17, 15) is 10.5 Å². The molecule has 0 saturated heterocycles. The summed E-state index contributed by atoms with van der Waals surface area (Å²) in [4.78, 5) is 0. The molecule has 92 valence electrons. The predicted molar refractivity (Wildman–Crippen MR) is 72.9 cm³/mol. The quantitative estimate of drug-likeness (QED) is 0.476. The summed E-state index contributed by atoms with van der Waals surface area (Å²) in [5.41, 5.74) is 2.20. The number of fused-ring (bicyclic) bond motifs is 5. The van der Waals surface area contributed by atoms with Crippen molar-refractivity contribution in [1.82, 2.24) is 0 Å². The van der Waals surface area contributed by atoms with E-state index < -0.39 is 0 Å². The van der Waals surface area contributed by atoms with E-state index >= 15 is 0 Å². The first-order chi connectivity index (χ1) is 9.83. The van der Waals surface area contributed by atoms with Crippen LogP contribution in [0.5, 0.6) is 0 Å². The van der Waals surface area contributed by atoms with Crippen molar-refractivity contribution in [2.24, 2.45) is 0 Å². The number of hydrogen-bond donors (Lipinski definition) is 0. The van der Waals surface area contributed by atoms with Gasteiger partial charge in [-0.15, -0.1) is 0 Å². The number of nitriles is 2. The molecular weight excluding hydrogens is 252 g/mol. The summed E-state index contributed by atoms with van der Waals surface area (Å²) in [5.74, 6) is 0.348. The molecule has 0 aliphatic carbocycles. The molecule has 4 aromatic rings. The maximum Gasteiger partial charge on any atom is 0.299 e. The van der Waals surface area contributed by atoms with Crippen molar-refractivity contribution in [1.29, 1.82) is 10.5 Å². The molecule has 0 N–H and O–H groups in total. The highest BCUT2D eigenvalue weighted by molar-refractivity contribution is 6.20. The van der Waals surface area contributed by atoms with Crippen molar-refractivity contribution in [3.8, 4) is 12.1 Å². The Hall–Kier alpha value is -3.24. The molecule has 2 aromatic heterocycles. The molecular formula is C16H6N2O2. The predicted octanol–water partition coefficient (Wildman–Crippen LogP) is 4.08. The van der Waals surface area contributed by atoms with Crippen molar-refractivity contribution in [2.45, 2.75) is 0 Å². The van der Waals surface area contributed by atoms with E-state index in [4.69, 9.17) is 8.83 Å². The molecule has 0 unspecified atom stereocenters. The molecule has 2 heterocycles. The lowest BCUT2D eigenvalue weighted by molar-refractivity contribution is 0.524. The van der Waals surface area contributed by atoms with Crippen LogP contribution in [0.4, 0.5) is 0 Å². The van der Waals surface area contributed by atoms with Gasteiger partial charge in [0.05, 0.1) is 39.4 Å². The molecule has 20 heavy (non-hydrogen) atoms. The van der Waals surface area contributed by atoms with Gasteiger partial charge in [0, 0.05) is 0 Å². The van der Waals surface area contributed by atoms with Crippen LogP contribution in [0.2, 0.25) is 0 Å². The third-order valence-corrected chi connectivity index (χ3v) is 3.40. The Morgan fingerprint density at radius 1 is 0.700 bits per heavy atom. The average Bonchev–Trinajstić information content (AvgIpc) is 3.01. The van der Waals surface area contributed by atoms with Gasteiger partial charge in [-0.2, -0.15) is 10.5 Å². The van der Waals surface area contributed by atoms with Gasteiger partial charge in [0.1, 0.15) is 11.2 Å². The minimum atomic E-state index is 0.348. The molecule has 0 amide bonds. The maximum atomic E-state index is 9.26. The number of benzene rings is 2. The van der Waals surface area contributed by atoms with Gasteiger partial charge in [0.15, 0.2) is 0 Å². The molecule has 0 atom stereocenters. The lowest BCUT2D eigenvalue weighted by atomic mass is 10.0. The van der Waals surface area contributed by atoms with E-state index in [1.807, 2.05) is 0 Å². The summed E-state index contributed by atoms with van der Waals surface area (Å²) in [7, 11) is 0. The van der Waals surface area contributed by atoms with Gasteiger partial charge in [-0.05, 0) is 24.3 Å². The standard InChI is InChI=1S/C16H6N2O2/c17-7-9-3-1-5-11-13(9)15-14-10(8-18)4-2-6-12(14)20-16(15)19-11/h1-6H. The van der Waals surface area contributed by atoms with Gasteiger partial charge >= 0.3 is 0 Å². The first-order valence-electron chi connectivity index (χ1n) is 6.00. The van der Waals surface area contributed by atoms with Crippen LogP contribution < -0.4 is 0 Å². The summed E-state index contributed by atoms with van der Waals surface area (Å²) in [6, 6.07) is 14.9. The molecule has 0 aliphatic rings. The molecule has 0 saturated carbocycles. The fourth-order valence-corrected chi connectivity index (χ4v) is 2.59. The average molecular weight is 258 g/mol. The number of nitrogens with zero attached hydrogens (tertiary/aromatic N) is 2. The Kier molecular flexibility index (Phi) is 1.93.